The quantitative estimate of drug-likeness (QED) is 0.687. The van der Waals surface area contributed by atoms with E-state index in [2.05, 4.69) is 12.2 Å². The minimum atomic E-state index is 0.189. The zero-order valence-corrected chi connectivity index (χ0v) is 8.10. The summed E-state index contributed by atoms with van der Waals surface area (Å²) in [5.41, 5.74) is 0. The summed E-state index contributed by atoms with van der Waals surface area (Å²) in [5.74, 6) is 1.80. The van der Waals surface area contributed by atoms with Gasteiger partial charge in [0.15, 0.2) is 0 Å². The van der Waals surface area contributed by atoms with Crippen LogP contribution in [0.15, 0.2) is 0 Å². The SMILES string of the molecule is CCC(=O)NCC1CCC(C)C1. The Morgan fingerprint density at radius 2 is 2.25 bits per heavy atom. The lowest BCUT2D eigenvalue weighted by Gasteiger charge is -2.09. The molecule has 12 heavy (non-hydrogen) atoms. The van der Waals surface area contributed by atoms with Crippen LogP contribution in [0.2, 0.25) is 0 Å². The molecule has 70 valence electrons. The second-order valence-electron chi connectivity index (χ2n) is 3.94. The molecule has 1 aliphatic rings. The van der Waals surface area contributed by atoms with Crippen molar-refractivity contribution in [2.75, 3.05) is 6.54 Å². The molecule has 0 aromatic heterocycles. The van der Waals surface area contributed by atoms with E-state index in [0.717, 1.165) is 18.4 Å². The van der Waals surface area contributed by atoms with E-state index in [1.54, 1.807) is 0 Å². The van der Waals surface area contributed by atoms with Crippen LogP contribution >= 0.6 is 0 Å². The van der Waals surface area contributed by atoms with Gasteiger partial charge < -0.3 is 5.32 Å². The smallest absolute Gasteiger partial charge is 0.219 e. The fraction of sp³-hybridized carbons (Fsp3) is 0.900. The molecule has 0 saturated heterocycles. The zero-order chi connectivity index (χ0) is 8.97. The maximum Gasteiger partial charge on any atom is 0.219 e. The molecule has 1 rings (SSSR count). The standard InChI is InChI=1S/C10H19NO/c1-3-10(12)11-7-9-5-4-8(2)6-9/h8-9H,3-7H2,1-2H3,(H,11,12). The van der Waals surface area contributed by atoms with Gasteiger partial charge >= 0.3 is 0 Å². The van der Waals surface area contributed by atoms with Gasteiger partial charge in [0.1, 0.15) is 0 Å². The van der Waals surface area contributed by atoms with Crippen molar-refractivity contribution in [1.82, 2.24) is 5.32 Å². The van der Waals surface area contributed by atoms with E-state index in [4.69, 9.17) is 0 Å². The lowest BCUT2D eigenvalue weighted by atomic mass is 10.1. The van der Waals surface area contributed by atoms with Gasteiger partial charge in [-0.2, -0.15) is 0 Å². The van der Waals surface area contributed by atoms with Crippen molar-refractivity contribution < 1.29 is 4.79 Å². The molecule has 0 aliphatic heterocycles. The number of amides is 1. The normalized spacial score (nSPS) is 28.8. The number of carbonyl (C=O) groups excluding carboxylic acids is 1. The Morgan fingerprint density at radius 1 is 1.50 bits per heavy atom. The van der Waals surface area contributed by atoms with Crippen LogP contribution in [0.4, 0.5) is 0 Å². The molecule has 1 N–H and O–H groups in total. The van der Waals surface area contributed by atoms with E-state index in [-0.39, 0.29) is 5.91 Å². The van der Waals surface area contributed by atoms with Crippen LogP contribution in [0.25, 0.3) is 0 Å². The maximum absolute atomic E-state index is 10.9. The third-order valence-corrected chi connectivity index (χ3v) is 2.71. The number of hydrogen-bond acceptors (Lipinski definition) is 1. The molecule has 2 unspecified atom stereocenters. The van der Waals surface area contributed by atoms with E-state index in [0.29, 0.717) is 6.42 Å². The van der Waals surface area contributed by atoms with Gasteiger partial charge in [0, 0.05) is 13.0 Å². The maximum atomic E-state index is 10.9. The summed E-state index contributed by atoms with van der Waals surface area (Å²) < 4.78 is 0. The first kappa shape index (κ1) is 9.56. The molecule has 0 radical (unpaired) electrons. The molecule has 1 aliphatic carbocycles. The third-order valence-electron chi connectivity index (χ3n) is 2.71. The summed E-state index contributed by atoms with van der Waals surface area (Å²) in [6.45, 7) is 5.09. The van der Waals surface area contributed by atoms with Gasteiger partial charge in [0.05, 0.1) is 0 Å². The van der Waals surface area contributed by atoms with Gasteiger partial charge in [-0.1, -0.05) is 20.3 Å². The largest absolute Gasteiger partial charge is 0.356 e. The second kappa shape index (κ2) is 4.48. The summed E-state index contributed by atoms with van der Waals surface area (Å²) in [6, 6.07) is 0. The second-order valence-corrected chi connectivity index (χ2v) is 3.94. The van der Waals surface area contributed by atoms with Crippen LogP contribution < -0.4 is 5.32 Å². The predicted molar refractivity (Wildman–Crippen MR) is 49.8 cm³/mol. The highest BCUT2D eigenvalue weighted by molar-refractivity contribution is 5.75. The molecule has 2 heteroatoms. The molecule has 1 fully saturated rings. The Labute approximate surface area is 74.7 Å². The van der Waals surface area contributed by atoms with E-state index >= 15 is 0 Å². The first-order valence-corrected chi connectivity index (χ1v) is 4.99. The van der Waals surface area contributed by atoms with Crippen LogP contribution in [-0.2, 0) is 4.79 Å². The summed E-state index contributed by atoms with van der Waals surface area (Å²) in [6.07, 6.45) is 4.55. The van der Waals surface area contributed by atoms with Crippen molar-refractivity contribution in [2.45, 2.75) is 39.5 Å². The predicted octanol–water partition coefficient (Wildman–Crippen LogP) is 1.95. The third kappa shape index (κ3) is 2.84. The highest BCUT2D eigenvalue weighted by atomic mass is 16.1. The Bertz CT molecular complexity index is 156. The highest BCUT2D eigenvalue weighted by Crippen LogP contribution is 2.29. The molecule has 1 amide bonds. The van der Waals surface area contributed by atoms with Crippen LogP contribution in [0.5, 0.6) is 0 Å². The average molecular weight is 169 g/mol. The van der Waals surface area contributed by atoms with Gasteiger partial charge in [-0.15, -0.1) is 0 Å². The Hall–Kier alpha value is -0.530. The number of nitrogens with one attached hydrogen (secondary N) is 1. The van der Waals surface area contributed by atoms with Crippen molar-refractivity contribution >= 4 is 5.91 Å². The van der Waals surface area contributed by atoms with Crippen molar-refractivity contribution in [1.29, 1.82) is 0 Å². The van der Waals surface area contributed by atoms with Crippen molar-refractivity contribution in [3.8, 4) is 0 Å². The van der Waals surface area contributed by atoms with E-state index in [9.17, 15) is 4.79 Å². The number of carbonyl (C=O) groups is 1. The minimum Gasteiger partial charge on any atom is -0.356 e. The average Bonchev–Trinajstić information content (AvgIpc) is 2.47. The van der Waals surface area contributed by atoms with Crippen LogP contribution in [0.3, 0.4) is 0 Å². The van der Waals surface area contributed by atoms with Crippen LogP contribution in [-0.4, -0.2) is 12.5 Å². The van der Waals surface area contributed by atoms with E-state index in [1.165, 1.54) is 19.3 Å². The summed E-state index contributed by atoms with van der Waals surface area (Å²) in [5, 5.41) is 2.96. The molecule has 0 spiro atoms. The van der Waals surface area contributed by atoms with Gasteiger partial charge in [0.25, 0.3) is 0 Å². The van der Waals surface area contributed by atoms with Crippen molar-refractivity contribution in [2.24, 2.45) is 11.8 Å². The van der Waals surface area contributed by atoms with Crippen LogP contribution in [0, 0.1) is 11.8 Å². The topological polar surface area (TPSA) is 29.1 Å². The molecule has 0 aromatic carbocycles. The number of rotatable bonds is 3. The lowest BCUT2D eigenvalue weighted by molar-refractivity contribution is -0.120. The Kier molecular flexibility index (Phi) is 3.57. The summed E-state index contributed by atoms with van der Waals surface area (Å²) in [4.78, 5) is 10.9. The van der Waals surface area contributed by atoms with Crippen molar-refractivity contribution in [3.05, 3.63) is 0 Å². The van der Waals surface area contributed by atoms with Gasteiger partial charge in [-0.25, -0.2) is 0 Å². The first-order valence-electron chi connectivity index (χ1n) is 4.99. The van der Waals surface area contributed by atoms with E-state index < -0.39 is 0 Å². The molecular formula is C10H19NO. The van der Waals surface area contributed by atoms with Gasteiger partial charge in [-0.05, 0) is 24.7 Å². The minimum absolute atomic E-state index is 0.189. The fourth-order valence-corrected chi connectivity index (χ4v) is 1.89. The molecule has 0 aromatic rings. The molecule has 1 saturated carbocycles. The Balaban J connectivity index is 2.11. The monoisotopic (exact) mass is 169 g/mol. The molecular weight excluding hydrogens is 150 g/mol. The van der Waals surface area contributed by atoms with E-state index in [1.807, 2.05) is 6.92 Å². The van der Waals surface area contributed by atoms with Crippen molar-refractivity contribution in [3.63, 3.8) is 0 Å². The van der Waals surface area contributed by atoms with Gasteiger partial charge in [0.2, 0.25) is 5.91 Å². The zero-order valence-electron chi connectivity index (χ0n) is 8.10. The number of hydrogen-bond donors (Lipinski definition) is 1. The lowest BCUT2D eigenvalue weighted by Crippen LogP contribution is -2.27. The van der Waals surface area contributed by atoms with Crippen LogP contribution in [0.1, 0.15) is 39.5 Å². The molecule has 0 heterocycles. The molecule has 2 atom stereocenters. The Morgan fingerprint density at radius 3 is 2.75 bits per heavy atom. The molecule has 0 bridgehead atoms. The fourth-order valence-electron chi connectivity index (χ4n) is 1.89. The van der Waals surface area contributed by atoms with Gasteiger partial charge in [-0.3, -0.25) is 4.79 Å². The highest BCUT2D eigenvalue weighted by Gasteiger charge is 2.20. The first-order chi connectivity index (χ1) is 5.72. The summed E-state index contributed by atoms with van der Waals surface area (Å²) in [7, 11) is 0. The summed E-state index contributed by atoms with van der Waals surface area (Å²) >= 11 is 0. The molecule has 2 nitrogen and oxygen atoms in total.